The summed E-state index contributed by atoms with van der Waals surface area (Å²) in [6.45, 7) is 0. The van der Waals surface area contributed by atoms with Gasteiger partial charge in [-0.15, -0.1) is 0 Å². The number of ketones is 1. The van der Waals surface area contributed by atoms with Crippen molar-refractivity contribution >= 4 is 32.7 Å². The SMILES string of the molecule is O=C(c1cc(F)cc(Br)c1)c1c[nH]c2ncccc12. The molecule has 0 fully saturated rings. The Morgan fingerprint density at radius 1 is 1.32 bits per heavy atom. The average Bonchev–Trinajstić information content (AvgIpc) is 2.80. The number of aromatic nitrogens is 2. The van der Waals surface area contributed by atoms with Crippen molar-refractivity contribution in [2.45, 2.75) is 0 Å². The molecule has 0 saturated heterocycles. The largest absolute Gasteiger partial charge is 0.345 e. The fourth-order valence-electron chi connectivity index (χ4n) is 1.98. The quantitative estimate of drug-likeness (QED) is 0.732. The molecule has 0 unspecified atom stereocenters. The van der Waals surface area contributed by atoms with E-state index in [0.717, 1.165) is 5.39 Å². The monoisotopic (exact) mass is 318 g/mol. The first kappa shape index (κ1) is 12.0. The normalized spacial score (nSPS) is 10.8. The molecule has 0 amide bonds. The van der Waals surface area contributed by atoms with Crippen molar-refractivity contribution in [2.75, 3.05) is 0 Å². The van der Waals surface area contributed by atoms with E-state index in [1.54, 1.807) is 30.6 Å². The van der Waals surface area contributed by atoms with E-state index in [9.17, 15) is 9.18 Å². The van der Waals surface area contributed by atoms with Gasteiger partial charge in [0, 0.05) is 33.4 Å². The molecule has 0 saturated carbocycles. The number of carbonyl (C=O) groups excluding carboxylic acids is 1. The molecule has 2 heterocycles. The van der Waals surface area contributed by atoms with Crippen LogP contribution in [0.15, 0.2) is 47.2 Å². The average molecular weight is 319 g/mol. The van der Waals surface area contributed by atoms with Crippen LogP contribution in [0.25, 0.3) is 11.0 Å². The minimum absolute atomic E-state index is 0.237. The third-order valence-corrected chi connectivity index (χ3v) is 3.28. The standard InChI is InChI=1S/C14H8BrFN2O/c15-9-4-8(5-10(16)6-9)13(19)12-7-18-14-11(12)2-1-3-17-14/h1-7H,(H,17,18). The first-order valence-corrected chi connectivity index (χ1v) is 6.37. The van der Waals surface area contributed by atoms with Crippen molar-refractivity contribution in [3.05, 3.63) is 64.1 Å². The van der Waals surface area contributed by atoms with Crippen LogP contribution in [-0.4, -0.2) is 15.8 Å². The van der Waals surface area contributed by atoms with E-state index in [4.69, 9.17) is 0 Å². The van der Waals surface area contributed by atoms with E-state index in [2.05, 4.69) is 25.9 Å². The van der Waals surface area contributed by atoms with Crippen LogP contribution in [0.1, 0.15) is 15.9 Å². The Morgan fingerprint density at radius 3 is 2.95 bits per heavy atom. The summed E-state index contributed by atoms with van der Waals surface area (Å²) in [5, 5.41) is 0.730. The Labute approximate surface area is 116 Å². The van der Waals surface area contributed by atoms with Crippen LogP contribution in [0, 0.1) is 5.82 Å². The maximum atomic E-state index is 13.3. The summed E-state index contributed by atoms with van der Waals surface area (Å²) >= 11 is 3.18. The summed E-state index contributed by atoms with van der Waals surface area (Å²) in [6.07, 6.45) is 3.24. The second kappa shape index (κ2) is 4.59. The summed E-state index contributed by atoms with van der Waals surface area (Å²) in [5.41, 5.74) is 1.43. The maximum Gasteiger partial charge on any atom is 0.195 e. The topological polar surface area (TPSA) is 45.8 Å². The van der Waals surface area contributed by atoms with Gasteiger partial charge < -0.3 is 4.98 Å². The lowest BCUT2D eigenvalue weighted by Gasteiger charge is -2.01. The Hall–Kier alpha value is -2.01. The second-order valence-electron chi connectivity index (χ2n) is 4.09. The number of nitrogens with zero attached hydrogens (tertiary/aromatic N) is 1. The number of aromatic amines is 1. The van der Waals surface area contributed by atoms with E-state index in [1.807, 2.05) is 0 Å². The summed E-state index contributed by atoms with van der Waals surface area (Å²) in [7, 11) is 0. The molecule has 19 heavy (non-hydrogen) atoms. The Bertz CT molecular complexity index is 762. The number of hydrogen-bond acceptors (Lipinski definition) is 2. The summed E-state index contributed by atoms with van der Waals surface area (Å²) in [5.74, 6) is -0.685. The van der Waals surface area contributed by atoms with Gasteiger partial charge in [-0.1, -0.05) is 15.9 Å². The number of H-pyrrole nitrogens is 1. The molecule has 0 aliphatic carbocycles. The molecular formula is C14H8BrFN2O. The minimum Gasteiger partial charge on any atom is -0.345 e. The van der Waals surface area contributed by atoms with Gasteiger partial charge in [0.05, 0.1) is 0 Å². The molecule has 0 bridgehead atoms. The number of fused-ring (bicyclic) bond motifs is 1. The van der Waals surface area contributed by atoms with Crippen LogP contribution in [0.3, 0.4) is 0 Å². The lowest BCUT2D eigenvalue weighted by atomic mass is 10.0. The number of carbonyl (C=O) groups is 1. The lowest BCUT2D eigenvalue weighted by Crippen LogP contribution is -2.01. The molecule has 3 nitrogen and oxygen atoms in total. The third-order valence-electron chi connectivity index (χ3n) is 2.82. The first-order valence-electron chi connectivity index (χ1n) is 5.58. The van der Waals surface area contributed by atoms with Crippen LogP contribution in [0.4, 0.5) is 4.39 Å². The van der Waals surface area contributed by atoms with Gasteiger partial charge in [0.25, 0.3) is 0 Å². The Morgan fingerprint density at radius 2 is 2.16 bits per heavy atom. The highest BCUT2D eigenvalue weighted by atomic mass is 79.9. The lowest BCUT2D eigenvalue weighted by molar-refractivity contribution is 0.104. The smallest absolute Gasteiger partial charge is 0.195 e. The summed E-state index contributed by atoms with van der Waals surface area (Å²) in [6, 6.07) is 7.70. The van der Waals surface area contributed by atoms with Crippen LogP contribution < -0.4 is 0 Å². The first-order chi connectivity index (χ1) is 9.15. The number of pyridine rings is 1. The van der Waals surface area contributed by atoms with E-state index >= 15 is 0 Å². The molecule has 3 rings (SSSR count). The molecule has 94 valence electrons. The van der Waals surface area contributed by atoms with Crippen LogP contribution in [0.2, 0.25) is 0 Å². The van der Waals surface area contributed by atoms with Gasteiger partial charge in [0.2, 0.25) is 0 Å². The molecule has 0 radical (unpaired) electrons. The zero-order chi connectivity index (χ0) is 13.4. The van der Waals surface area contributed by atoms with Crippen molar-refractivity contribution in [1.82, 2.24) is 9.97 Å². The van der Waals surface area contributed by atoms with Crippen molar-refractivity contribution < 1.29 is 9.18 Å². The number of benzene rings is 1. The molecule has 1 N–H and O–H groups in total. The fraction of sp³-hybridized carbons (Fsp3) is 0. The molecule has 3 aromatic rings. The van der Waals surface area contributed by atoms with E-state index in [-0.39, 0.29) is 5.78 Å². The van der Waals surface area contributed by atoms with Crippen molar-refractivity contribution in [3.8, 4) is 0 Å². The van der Waals surface area contributed by atoms with Gasteiger partial charge in [-0.2, -0.15) is 0 Å². The second-order valence-corrected chi connectivity index (χ2v) is 5.00. The number of hydrogen-bond donors (Lipinski definition) is 1. The summed E-state index contributed by atoms with van der Waals surface area (Å²) < 4.78 is 13.9. The number of rotatable bonds is 2. The molecule has 0 spiro atoms. The highest BCUT2D eigenvalue weighted by Crippen LogP contribution is 2.22. The van der Waals surface area contributed by atoms with Crippen LogP contribution in [0.5, 0.6) is 0 Å². The summed E-state index contributed by atoms with van der Waals surface area (Å²) in [4.78, 5) is 19.4. The van der Waals surface area contributed by atoms with Crippen LogP contribution in [-0.2, 0) is 0 Å². The van der Waals surface area contributed by atoms with Gasteiger partial charge >= 0.3 is 0 Å². The van der Waals surface area contributed by atoms with E-state index in [0.29, 0.717) is 21.2 Å². The Balaban J connectivity index is 2.13. The number of nitrogens with one attached hydrogen (secondary N) is 1. The van der Waals surface area contributed by atoms with E-state index in [1.165, 1.54) is 12.1 Å². The van der Waals surface area contributed by atoms with Gasteiger partial charge in [-0.3, -0.25) is 4.79 Å². The fourth-order valence-corrected chi connectivity index (χ4v) is 2.45. The molecule has 0 atom stereocenters. The van der Waals surface area contributed by atoms with Crippen molar-refractivity contribution in [1.29, 1.82) is 0 Å². The molecule has 2 aromatic heterocycles. The highest BCUT2D eigenvalue weighted by molar-refractivity contribution is 9.10. The van der Waals surface area contributed by atoms with Crippen molar-refractivity contribution in [2.24, 2.45) is 0 Å². The highest BCUT2D eigenvalue weighted by Gasteiger charge is 2.15. The van der Waals surface area contributed by atoms with E-state index < -0.39 is 5.82 Å². The maximum absolute atomic E-state index is 13.3. The van der Waals surface area contributed by atoms with Gasteiger partial charge in [-0.05, 0) is 30.3 Å². The van der Waals surface area contributed by atoms with Gasteiger partial charge in [0.15, 0.2) is 5.78 Å². The predicted molar refractivity (Wildman–Crippen MR) is 73.6 cm³/mol. The zero-order valence-corrected chi connectivity index (χ0v) is 11.2. The predicted octanol–water partition coefficient (Wildman–Crippen LogP) is 3.70. The molecule has 0 aliphatic rings. The van der Waals surface area contributed by atoms with Gasteiger partial charge in [0.1, 0.15) is 11.5 Å². The third kappa shape index (κ3) is 2.17. The molecule has 5 heteroatoms. The Kier molecular flexibility index (Phi) is 2.91. The molecule has 1 aromatic carbocycles. The molecule has 0 aliphatic heterocycles. The van der Waals surface area contributed by atoms with Crippen molar-refractivity contribution in [3.63, 3.8) is 0 Å². The van der Waals surface area contributed by atoms with Crippen LogP contribution >= 0.6 is 15.9 Å². The minimum atomic E-state index is -0.448. The molecular weight excluding hydrogens is 311 g/mol. The number of halogens is 2. The van der Waals surface area contributed by atoms with Gasteiger partial charge in [-0.25, -0.2) is 9.37 Å². The zero-order valence-electron chi connectivity index (χ0n) is 9.65.